The van der Waals surface area contributed by atoms with Gasteiger partial charge < -0.3 is 0 Å². The first-order chi connectivity index (χ1) is 6.66. The minimum atomic E-state index is -0.197. The number of aromatic nitrogens is 2. The zero-order chi connectivity index (χ0) is 10.1. The molecule has 5 heteroatoms. The Morgan fingerprint density at radius 1 is 1.36 bits per heavy atom. The first-order valence-corrected chi connectivity index (χ1v) is 5.53. The molecular weight excluding hydrogens is 267 g/mol. The highest BCUT2D eigenvalue weighted by atomic mass is 79.9. The molecule has 0 spiro atoms. The number of benzene rings is 1. The molecule has 0 atom stereocenters. The lowest BCUT2D eigenvalue weighted by molar-refractivity contribution is 0.619. The summed E-state index contributed by atoms with van der Waals surface area (Å²) in [6.45, 7) is 1.73. The van der Waals surface area contributed by atoms with Crippen LogP contribution in [0.5, 0.6) is 0 Å². The number of aryl methyl sites for hydroxylation is 1. The Morgan fingerprint density at radius 2 is 2.14 bits per heavy atom. The van der Waals surface area contributed by atoms with Gasteiger partial charge in [-0.15, -0.1) is 10.2 Å². The Hall–Kier alpha value is -0.810. The van der Waals surface area contributed by atoms with Crippen molar-refractivity contribution in [2.75, 3.05) is 0 Å². The lowest BCUT2D eigenvalue weighted by Crippen LogP contribution is -1.83. The molecule has 0 radical (unpaired) electrons. The van der Waals surface area contributed by atoms with Crippen LogP contribution in [0.1, 0.15) is 5.56 Å². The lowest BCUT2D eigenvalue weighted by Gasteiger charge is -1.98. The van der Waals surface area contributed by atoms with E-state index in [4.69, 9.17) is 0 Å². The maximum Gasteiger partial charge on any atom is 0.183 e. The van der Waals surface area contributed by atoms with E-state index in [9.17, 15) is 4.39 Å². The Balaban J connectivity index is 2.47. The lowest BCUT2D eigenvalue weighted by atomic mass is 10.1. The van der Waals surface area contributed by atoms with Gasteiger partial charge in [0, 0.05) is 5.56 Å². The van der Waals surface area contributed by atoms with Gasteiger partial charge in [0.25, 0.3) is 0 Å². The molecule has 0 amide bonds. The third-order valence-electron chi connectivity index (χ3n) is 1.81. The molecule has 1 aromatic heterocycles. The monoisotopic (exact) mass is 272 g/mol. The zero-order valence-corrected chi connectivity index (χ0v) is 9.69. The van der Waals surface area contributed by atoms with Gasteiger partial charge in [-0.25, -0.2) is 4.39 Å². The van der Waals surface area contributed by atoms with E-state index in [1.807, 2.05) is 0 Å². The first-order valence-electron chi connectivity index (χ1n) is 3.92. The highest BCUT2D eigenvalue weighted by Crippen LogP contribution is 2.27. The minimum absolute atomic E-state index is 0.197. The maximum absolute atomic E-state index is 13.0. The van der Waals surface area contributed by atoms with Crippen LogP contribution < -0.4 is 0 Å². The van der Waals surface area contributed by atoms with Crippen LogP contribution in [0.3, 0.4) is 0 Å². The maximum atomic E-state index is 13.0. The molecule has 0 bridgehead atoms. The predicted molar refractivity (Wildman–Crippen MR) is 57.7 cm³/mol. The van der Waals surface area contributed by atoms with Crippen molar-refractivity contribution in [1.29, 1.82) is 0 Å². The van der Waals surface area contributed by atoms with E-state index >= 15 is 0 Å². The standard InChI is InChI=1S/C9H6BrFN2S/c1-5-4-6(2-3-7(5)11)8-12-13-9(10)14-8/h2-4H,1H3. The Kier molecular flexibility index (Phi) is 2.60. The van der Waals surface area contributed by atoms with E-state index in [1.54, 1.807) is 19.1 Å². The van der Waals surface area contributed by atoms with Gasteiger partial charge in [0.05, 0.1) is 0 Å². The normalized spacial score (nSPS) is 10.5. The second-order valence-electron chi connectivity index (χ2n) is 2.82. The number of rotatable bonds is 1. The second-order valence-corrected chi connectivity index (χ2v) is 5.08. The van der Waals surface area contributed by atoms with Crippen molar-refractivity contribution in [2.24, 2.45) is 0 Å². The summed E-state index contributed by atoms with van der Waals surface area (Å²) >= 11 is 4.66. The largest absolute Gasteiger partial charge is 0.207 e. The van der Waals surface area contributed by atoms with Crippen LogP contribution in [0.15, 0.2) is 22.1 Å². The fourth-order valence-electron chi connectivity index (χ4n) is 1.10. The molecule has 72 valence electrons. The van der Waals surface area contributed by atoms with Crippen molar-refractivity contribution in [3.05, 3.63) is 33.5 Å². The van der Waals surface area contributed by atoms with Gasteiger partial charge in [0.1, 0.15) is 10.8 Å². The molecule has 2 nitrogen and oxygen atoms in total. The van der Waals surface area contributed by atoms with Crippen molar-refractivity contribution >= 4 is 27.3 Å². The van der Waals surface area contributed by atoms with Crippen molar-refractivity contribution in [1.82, 2.24) is 10.2 Å². The van der Waals surface area contributed by atoms with E-state index < -0.39 is 0 Å². The minimum Gasteiger partial charge on any atom is -0.207 e. The molecular formula is C9H6BrFN2S. The summed E-state index contributed by atoms with van der Waals surface area (Å²) in [4.78, 5) is 0. The van der Waals surface area contributed by atoms with Crippen LogP contribution in [-0.4, -0.2) is 10.2 Å². The van der Waals surface area contributed by atoms with Crippen LogP contribution in [0.4, 0.5) is 4.39 Å². The molecule has 0 saturated carbocycles. The van der Waals surface area contributed by atoms with Crippen molar-refractivity contribution in [3.8, 4) is 10.6 Å². The summed E-state index contributed by atoms with van der Waals surface area (Å²) in [5.74, 6) is -0.197. The van der Waals surface area contributed by atoms with E-state index in [-0.39, 0.29) is 5.82 Å². The van der Waals surface area contributed by atoms with E-state index in [2.05, 4.69) is 26.1 Å². The summed E-state index contributed by atoms with van der Waals surface area (Å²) in [5.41, 5.74) is 1.51. The van der Waals surface area contributed by atoms with Crippen LogP contribution in [0, 0.1) is 12.7 Å². The van der Waals surface area contributed by atoms with Crippen molar-refractivity contribution < 1.29 is 4.39 Å². The number of hydrogen-bond donors (Lipinski definition) is 0. The van der Waals surface area contributed by atoms with Crippen LogP contribution >= 0.6 is 27.3 Å². The van der Waals surface area contributed by atoms with Crippen LogP contribution in [0.2, 0.25) is 0 Å². The van der Waals surface area contributed by atoms with Crippen molar-refractivity contribution in [3.63, 3.8) is 0 Å². The molecule has 0 unspecified atom stereocenters. The number of halogens is 2. The average molecular weight is 273 g/mol. The van der Waals surface area contributed by atoms with E-state index in [1.165, 1.54) is 17.4 Å². The van der Waals surface area contributed by atoms with Crippen LogP contribution in [0.25, 0.3) is 10.6 Å². The van der Waals surface area contributed by atoms with Gasteiger partial charge >= 0.3 is 0 Å². The van der Waals surface area contributed by atoms with Crippen LogP contribution in [-0.2, 0) is 0 Å². The molecule has 1 heterocycles. The molecule has 1 aromatic carbocycles. The molecule has 0 aliphatic carbocycles. The molecule has 2 aromatic rings. The Bertz CT molecular complexity index is 470. The molecule has 0 aliphatic rings. The fraction of sp³-hybridized carbons (Fsp3) is 0.111. The highest BCUT2D eigenvalue weighted by Gasteiger charge is 2.06. The number of hydrogen-bond acceptors (Lipinski definition) is 3. The zero-order valence-electron chi connectivity index (χ0n) is 7.29. The molecule has 2 rings (SSSR count). The third-order valence-corrected chi connectivity index (χ3v) is 3.21. The SMILES string of the molecule is Cc1cc(-c2nnc(Br)s2)ccc1F. The van der Waals surface area contributed by atoms with Gasteiger partial charge in [-0.1, -0.05) is 11.3 Å². The van der Waals surface area contributed by atoms with Gasteiger partial charge in [-0.2, -0.15) is 0 Å². The average Bonchev–Trinajstić information content (AvgIpc) is 2.57. The predicted octanol–water partition coefficient (Wildman–Crippen LogP) is 3.42. The van der Waals surface area contributed by atoms with E-state index in [0.29, 0.717) is 5.56 Å². The molecule has 0 fully saturated rings. The summed E-state index contributed by atoms with van der Waals surface area (Å²) < 4.78 is 13.7. The quantitative estimate of drug-likeness (QED) is 0.795. The summed E-state index contributed by atoms with van der Waals surface area (Å²) in [7, 11) is 0. The van der Waals surface area contributed by atoms with Gasteiger partial charge in [-0.3, -0.25) is 0 Å². The molecule has 14 heavy (non-hydrogen) atoms. The Morgan fingerprint density at radius 3 is 2.71 bits per heavy atom. The van der Waals surface area contributed by atoms with E-state index in [0.717, 1.165) is 14.5 Å². The summed E-state index contributed by atoms with van der Waals surface area (Å²) in [6.07, 6.45) is 0. The van der Waals surface area contributed by atoms with Crippen molar-refractivity contribution in [2.45, 2.75) is 6.92 Å². The first kappa shape index (κ1) is 9.73. The molecule has 0 N–H and O–H groups in total. The molecule has 0 saturated heterocycles. The third kappa shape index (κ3) is 1.83. The second kappa shape index (κ2) is 3.74. The van der Waals surface area contributed by atoms with Gasteiger partial charge in [0.2, 0.25) is 0 Å². The summed E-state index contributed by atoms with van der Waals surface area (Å²) in [5, 5.41) is 8.58. The summed E-state index contributed by atoms with van der Waals surface area (Å²) in [6, 6.07) is 4.91. The number of nitrogens with zero attached hydrogens (tertiary/aromatic N) is 2. The molecule has 0 aliphatic heterocycles. The van der Waals surface area contributed by atoms with Gasteiger partial charge in [0.15, 0.2) is 3.92 Å². The smallest absolute Gasteiger partial charge is 0.183 e. The topological polar surface area (TPSA) is 25.8 Å². The fourth-order valence-corrected chi connectivity index (χ4v) is 2.21. The Labute approximate surface area is 92.9 Å². The van der Waals surface area contributed by atoms with Gasteiger partial charge in [-0.05, 0) is 46.6 Å². The highest BCUT2D eigenvalue weighted by molar-refractivity contribution is 9.11.